The third kappa shape index (κ3) is 3.66. The zero-order valence-electron chi connectivity index (χ0n) is 22.1. The minimum Gasteiger partial charge on any atom is -0.458 e. The second-order valence-corrected chi connectivity index (χ2v) is 10.6. The topological polar surface area (TPSA) is 18.5 Å². The van der Waals surface area contributed by atoms with Crippen molar-refractivity contribution < 1.29 is 9.47 Å². The summed E-state index contributed by atoms with van der Waals surface area (Å²) in [5.74, 6) is 3.50. The second-order valence-electron chi connectivity index (χ2n) is 10.6. The van der Waals surface area contributed by atoms with Crippen molar-refractivity contribution in [3.63, 3.8) is 0 Å². The van der Waals surface area contributed by atoms with Crippen molar-refractivity contribution in [2.75, 3.05) is 0 Å². The van der Waals surface area contributed by atoms with Gasteiger partial charge in [-0.3, -0.25) is 0 Å². The van der Waals surface area contributed by atoms with E-state index in [-0.39, 0.29) is 6.71 Å². The number of benzene rings is 6. The average molecular weight is 512 g/mol. The van der Waals surface area contributed by atoms with Crippen LogP contribution >= 0.6 is 0 Å². The van der Waals surface area contributed by atoms with E-state index >= 15 is 0 Å². The highest BCUT2D eigenvalue weighted by Gasteiger charge is 2.40. The van der Waals surface area contributed by atoms with E-state index in [1.54, 1.807) is 0 Å². The molecule has 2 aliphatic rings. The monoisotopic (exact) mass is 512 g/mol. The Bertz CT molecular complexity index is 1910. The predicted octanol–water partition coefficient (Wildman–Crippen LogP) is 7.72. The molecule has 0 saturated heterocycles. The lowest BCUT2D eigenvalue weighted by Gasteiger charge is -2.34. The molecule has 0 spiro atoms. The molecule has 2 aliphatic heterocycles. The van der Waals surface area contributed by atoms with Gasteiger partial charge in [0.25, 0.3) is 6.71 Å². The maximum Gasteiger partial charge on any atom is 0.260 e. The summed E-state index contributed by atoms with van der Waals surface area (Å²) < 4.78 is 13.4. The van der Waals surface area contributed by atoms with E-state index < -0.39 is 0 Å². The normalized spacial score (nSPS) is 12.5. The molecule has 0 N–H and O–H groups in total. The van der Waals surface area contributed by atoms with Crippen molar-refractivity contribution in [2.45, 2.75) is 6.92 Å². The maximum atomic E-state index is 6.72. The number of hydrogen-bond donors (Lipinski definition) is 0. The molecule has 2 heterocycles. The van der Waals surface area contributed by atoms with Crippen LogP contribution < -0.4 is 25.9 Å². The van der Waals surface area contributed by atoms with Crippen molar-refractivity contribution in [1.82, 2.24) is 0 Å². The number of ether oxygens (including phenoxy) is 2. The molecule has 0 saturated carbocycles. The van der Waals surface area contributed by atoms with Crippen LogP contribution in [0.2, 0.25) is 0 Å². The highest BCUT2D eigenvalue weighted by molar-refractivity contribution is 6.98. The molecule has 0 unspecified atom stereocenters. The van der Waals surface area contributed by atoms with Gasteiger partial charge in [0.15, 0.2) is 0 Å². The molecular formula is C37H25BO2. The highest BCUT2D eigenvalue weighted by atomic mass is 16.5. The van der Waals surface area contributed by atoms with Crippen molar-refractivity contribution in [3.8, 4) is 56.4 Å². The van der Waals surface area contributed by atoms with Gasteiger partial charge in [-0.05, 0) is 81.1 Å². The Hall–Kier alpha value is -5.02. The molecule has 0 fully saturated rings. The quantitative estimate of drug-likeness (QED) is 0.226. The Labute approximate surface area is 234 Å². The van der Waals surface area contributed by atoms with Crippen LogP contribution in [0.15, 0.2) is 133 Å². The average Bonchev–Trinajstić information content (AvgIpc) is 3.01. The van der Waals surface area contributed by atoms with Crippen LogP contribution in [-0.4, -0.2) is 6.71 Å². The van der Waals surface area contributed by atoms with Gasteiger partial charge in [0.05, 0.1) is 0 Å². The molecular weight excluding hydrogens is 487 g/mol. The second kappa shape index (κ2) is 9.03. The smallest absolute Gasteiger partial charge is 0.260 e. The molecule has 0 aromatic heterocycles. The molecule has 188 valence electrons. The van der Waals surface area contributed by atoms with Crippen molar-refractivity contribution in [3.05, 3.63) is 139 Å². The Morgan fingerprint density at radius 2 is 1.02 bits per heavy atom. The third-order valence-electron chi connectivity index (χ3n) is 8.15. The molecule has 40 heavy (non-hydrogen) atoms. The fraction of sp³-hybridized carbons (Fsp3) is 0.0270. The predicted molar refractivity (Wildman–Crippen MR) is 165 cm³/mol. The van der Waals surface area contributed by atoms with Gasteiger partial charge < -0.3 is 9.47 Å². The number of rotatable bonds is 3. The van der Waals surface area contributed by atoms with Gasteiger partial charge in [-0.1, -0.05) is 109 Å². The maximum absolute atomic E-state index is 6.72. The van der Waals surface area contributed by atoms with E-state index in [2.05, 4.69) is 128 Å². The molecule has 0 radical (unpaired) electrons. The van der Waals surface area contributed by atoms with Gasteiger partial charge in [-0.2, -0.15) is 0 Å². The number of aryl methyl sites for hydroxylation is 1. The lowest BCUT2D eigenvalue weighted by Crippen LogP contribution is -2.57. The highest BCUT2D eigenvalue weighted by Crippen LogP contribution is 2.40. The Morgan fingerprint density at radius 3 is 1.75 bits per heavy atom. The van der Waals surface area contributed by atoms with E-state index in [0.717, 1.165) is 50.6 Å². The van der Waals surface area contributed by atoms with Crippen molar-refractivity contribution in [1.29, 1.82) is 0 Å². The van der Waals surface area contributed by atoms with Gasteiger partial charge >= 0.3 is 0 Å². The summed E-state index contributed by atoms with van der Waals surface area (Å²) in [4.78, 5) is 0. The summed E-state index contributed by atoms with van der Waals surface area (Å²) >= 11 is 0. The van der Waals surface area contributed by atoms with Crippen LogP contribution in [0, 0.1) is 6.92 Å². The van der Waals surface area contributed by atoms with Crippen LogP contribution in [0.1, 0.15) is 5.56 Å². The first-order valence-corrected chi connectivity index (χ1v) is 13.7. The van der Waals surface area contributed by atoms with Crippen LogP contribution in [0.3, 0.4) is 0 Å². The molecule has 0 amide bonds. The van der Waals surface area contributed by atoms with Crippen LogP contribution in [0.25, 0.3) is 33.4 Å². The van der Waals surface area contributed by atoms with Gasteiger partial charge in [0.1, 0.15) is 23.0 Å². The zero-order valence-corrected chi connectivity index (χ0v) is 22.1. The number of hydrogen-bond acceptors (Lipinski definition) is 2. The summed E-state index contributed by atoms with van der Waals surface area (Å²) in [6.45, 7) is 2.18. The van der Waals surface area contributed by atoms with E-state index in [1.165, 1.54) is 27.7 Å². The van der Waals surface area contributed by atoms with E-state index in [9.17, 15) is 0 Å². The Kier molecular flexibility index (Phi) is 5.18. The fourth-order valence-electron chi connectivity index (χ4n) is 6.17. The summed E-state index contributed by atoms with van der Waals surface area (Å²) in [5, 5.41) is 0. The van der Waals surface area contributed by atoms with Crippen LogP contribution in [0.4, 0.5) is 0 Å². The van der Waals surface area contributed by atoms with Gasteiger partial charge in [0.2, 0.25) is 0 Å². The largest absolute Gasteiger partial charge is 0.458 e. The molecule has 8 rings (SSSR count). The molecule has 0 aliphatic carbocycles. The molecule has 6 aromatic carbocycles. The summed E-state index contributed by atoms with van der Waals surface area (Å²) in [5.41, 5.74) is 11.6. The SMILES string of the molecule is Cc1ccccc1-c1ccc2c(c1)B1c3ccc(-c4ccccc4)cc3Oc3cc(-c4ccccc4)cc(c31)O2. The van der Waals surface area contributed by atoms with Crippen LogP contribution in [0.5, 0.6) is 23.0 Å². The number of fused-ring (bicyclic) bond motifs is 4. The lowest BCUT2D eigenvalue weighted by atomic mass is 9.34. The zero-order chi connectivity index (χ0) is 26.6. The Morgan fingerprint density at radius 1 is 0.425 bits per heavy atom. The van der Waals surface area contributed by atoms with Gasteiger partial charge in [0, 0.05) is 5.46 Å². The van der Waals surface area contributed by atoms with E-state index in [1.807, 2.05) is 12.1 Å². The molecule has 6 aromatic rings. The van der Waals surface area contributed by atoms with E-state index in [4.69, 9.17) is 9.47 Å². The fourth-order valence-corrected chi connectivity index (χ4v) is 6.17. The summed E-state index contributed by atoms with van der Waals surface area (Å²) in [7, 11) is 0. The third-order valence-corrected chi connectivity index (χ3v) is 8.15. The first kappa shape index (κ1) is 22.9. The van der Waals surface area contributed by atoms with Gasteiger partial charge in [-0.15, -0.1) is 0 Å². The molecule has 3 heteroatoms. The lowest BCUT2D eigenvalue weighted by molar-refractivity contribution is 0.465. The summed E-state index contributed by atoms with van der Waals surface area (Å²) in [6, 6.07) is 47.0. The first-order valence-electron chi connectivity index (χ1n) is 13.7. The summed E-state index contributed by atoms with van der Waals surface area (Å²) in [6.07, 6.45) is 0. The van der Waals surface area contributed by atoms with Gasteiger partial charge in [-0.25, -0.2) is 0 Å². The van der Waals surface area contributed by atoms with Crippen LogP contribution in [-0.2, 0) is 0 Å². The first-order chi connectivity index (χ1) is 19.7. The standard InChI is InChI=1S/C37H25BO2/c1-24-10-8-9-15-30(24)28-17-19-33-32(20-28)38-31-18-16-27(25-11-4-2-5-12-25)21-34(31)40-36-23-29(22-35(39-33)37(36)38)26-13-6-3-7-14-26/h2-23H,1H3. The molecule has 2 nitrogen and oxygen atoms in total. The van der Waals surface area contributed by atoms with Crippen molar-refractivity contribution in [2.24, 2.45) is 0 Å². The van der Waals surface area contributed by atoms with E-state index in [0.29, 0.717) is 0 Å². The Balaban J connectivity index is 1.35. The molecule has 0 bridgehead atoms. The van der Waals surface area contributed by atoms with Crippen molar-refractivity contribution >= 4 is 23.1 Å². The molecule has 0 atom stereocenters. The minimum atomic E-state index is 0.0103. The minimum absolute atomic E-state index is 0.0103.